The van der Waals surface area contributed by atoms with Gasteiger partial charge in [0.05, 0.1) is 11.8 Å². The van der Waals surface area contributed by atoms with Crippen molar-refractivity contribution < 1.29 is 0 Å². The zero-order valence-electron chi connectivity index (χ0n) is 10.1. The van der Waals surface area contributed by atoms with Gasteiger partial charge in [-0.1, -0.05) is 36.5 Å². The summed E-state index contributed by atoms with van der Waals surface area (Å²) in [6.07, 6.45) is 1.58. The molecule has 1 heterocycles. The van der Waals surface area contributed by atoms with Crippen LogP contribution in [0.4, 0.5) is 5.82 Å². The summed E-state index contributed by atoms with van der Waals surface area (Å²) in [5, 5.41) is 11.1. The molecule has 0 bridgehead atoms. The first-order valence-corrected chi connectivity index (χ1v) is 5.99. The van der Waals surface area contributed by atoms with E-state index >= 15 is 0 Å². The standard InChI is InChI=1S/C13H14N4S/c1-9-4-2-3-5-10(9)8-15-13-11(12(14)18)6-7-16-17-13/h2-7H,8H2,1H3,(H2,14,18)(H,15,17). The van der Waals surface area contributed by atoms with Gasteiger partial charge in [-0.25, -0.2) is 0 Å². The highest BCUT2D eigenvalue weighted by atomic mass is 32.1. The minimum Gasteiger partial charge on any atom is -0.389 e. The molecular formula is C13H14N4S. The lowest BCUT2D eigenvalue weighted by atomic mass is 10.1. The minimum atomic E-state index is 0.317. The van der Waals surface area contributed by atoms with Gasteiger partial charge in [0.25, 0.3) is 0 Å². The summed E-state index contributed by atoms with van der Waals surface area (Å²) in [5.41, 5.74) is 8.79. The monoisotopic (exact) mass is 258 g/mol. The van der Waals surface area contributed by atoms with Crippen LogP contribution >= 0.6 is 12.2 Å². The summed E-state index contributed by atoms with van der Waals surface area (Å²) < 4.78 is 0. The van der Waals surface area contributed by atoms with E-state index in [2.05, 4.69) is 34.6 Å². The normalized spacial score (nSPS) is 10.1. The highest BCUT2D eigenvalue weighted by Crippen LogP contribution is 2.13. The van der Waals surface area contributed by atoms with Crippen molar-refractivity contribution in [1.82, 2.24) is 10.2 Å². The Morgan fingerprint density at radius 3 is 2.83 bits per heavy atom. The molecule has 0 spiro atoms. The summed E-state index contributed by atoms with van der Waals surface area (Å²) in [5.74, 6) is 0.619. The number of benzene rings is 1. The van der Waals surface area contributed by atoms with Gasteiger partial charge in [0.1, 0.15) is 4.99 Å². The van der Waals surface area contributed by atoms with Crippen LogP contribution in [0.1, 0.15) is 16.7 Å². The lowest BCUT2D eigenvalue weighted by molar-refractivity contribution is 0.993. The fraction of sp³-hybridized carbons (Fsp3) is 0.154. The van der Waals surface area contributed by atoms with Crippen molar-refractivity contribution in [3.8, 4) is 0 Å². The van der Waals surface area contributed by atoms with Crippen molar-refractivity contribution in [2.75, 3.05) is 5.32 Å². The predicted molar refractivity (Wildman–Crippen MR) is 76.4 cm³/mol. The van der Waals surface area contributed by atoms with Crippen LogP contribution in [0.2, 0.25) is 0 Å². The molecule has 0 saturated heterocycles. The van der Waals surface area contributed by atoms with Crippen LogP contribution in [0.15, 0.2) is 36.5 Å². The van der Waals surface area contributed by atoms with Gasteiger partial charge in [0, 0.05) is 6.54 Å². The molecule has 0 aliphatic carbocycles. The van der Waals surface area contributed by atoms with Crippen LogP contribution in [0, 0.1) is 6.92 Å². The third kappa shape index (κ3) is 2.81. The summed E-state index contributed by atoms with van der Waals surface area (Å²) in [4.78, 5) is 0.317. The molecule has 0 saturated carbocycles. The Labute approximate surface area is 111 Å². The maximum absolute atomic E-state index is 5.64. The number of nitrogens with zero attached hydrogens (tertiary/aromatic N) is 2. The Hall–Kier alpha value is -2.01. The van der Waals surface area contributed by atoms with E-state index < -0.39 is 0 Å². The number of nitrogens with two attached hydrogens (primary N) is 1. The molecule has 18 heavy (non-hydrogen) atoms. The molecule has 0 aliphatic rings. The first-order valence-electron chi connectivity index (χ1n) is 5.58. The maximum atomic E-state index is 5.64. The van der Waals surface area contributed by atoms with E-state index in [0.717, 1.165) is 0 Å². The fourth-order valence-corrected chi connectivity index (χ4v) is 1.81. The number of rotatable bonds is 4. The maximum Gasteiger partial charge on any atom is 0.159 e. The summed E-state index contributed by atoms with van der Waals surface area (Å²) in [6, 6.07) is 9.92. The summed E-state index contributed by atoms with van der Waals surface area (Å²) in [7, 11) is 0. The van der Waals surface area contributed by atoms with E-state index in [1.807, 2.05) is 12.1 Å². The molecule has 4 nitrogen and oxygen atoms in total. The first-order chi connectivity index (χ1) is 8.68. The van der Waals surface area contributed by atoms with Crippen molar-refractivity contribution in [3.05, 3.63) is 53.2 Å². The molecule has 1 aromatic heterocycles. The van der Waals surface area contributed by atoms with Crippen LogP contribution in [0.3, 0.4) is 0 Å². The molecule has 0 radical (unpaired) electrons. The molecule has 92 valence electrons. The van der Waals surface area contributed by atoms with Gasteiger partial charge in [0.15, 0.2) is 5.82 Å². The quantitative estimate of drug-likeness (QED) is 0.822. The molecule has 0 unspecified atom stereocenters. The fourth-order valence-electron chi connectivity index (χ4n) is 1.65. The second kappa shape index (κ2) is 5.55. The van der Waals surface area contributed by atoms with Gasteiger partial charge >= 0.3 is 0 Å². The van der Waals surface area contributed by atoms with E-state index in [1.54, 1.807) is 12.3 Å². The number of aryl methyl sites for hydroxylation is 1. The Balaban J connectivity index is 2.16. The third-order valence-electron chi connectivity index (χ3n) is 2.69. The lowest BCUT2D eigenvalue weighted by Crippen LogP contribution is -2.15. The molecule has 3 N–H and O–H groups in total. The third-order valence-corrected chi connectivity index (χ3v) is 2.91. The molecular weight excluding hydrogens is 244 g/mol. The van der Waals surface area contributed by atoms with Crippen molar-refractivity contribution in [3.63, 3.8) is 0 Å². The van der Waals surface area contributed by atoms with E-state index in [9.17, 15) is 0 Å². The molecule has 0 amide bonds. The highest BCUT2D eigenvalue weighted by Gasteiger charge is 2.06. The smallest absolute Gasteiger partial charge is 0.159 e. The Bertz CT molecular complexity index is 568. The average molecular weight is 258 g/mol. The van der Waals surface area contributed by atoms with Crippen LogP contribution in [-0.4, -0.2) is 15.2 Å². The zero-order chi connectivity index (χ0) is 13.0. The topological polar surface area (TPSA) is 63.8 Å². The second-order valence-electron chi connectivity index (χ2n) is 3.94. The van der Waals surface area contributed by atoms with Crippen molar-refractivity contribution >= 4 is 23.0 Å². The molecule has 0 fully saturated rings. The molecule has 2 rings (SSSR count). The number of hydrogen-bond donors (Lipinski definition) is 2. The van der Waals surface area contributed by atoms with Crippen LogP contribution in [0.5, 0.6) is 0 Å². The second-order valence-corrected chi connectivity index (χ2v) is 4.38. The van der Waals surface area contributed by atoms with Gasteiger partial charge in [-0.2, -0.15) is 5.10 Å². The zero-order valence-corrected chi connectivity index (χ0v) is 10.9. The van der Waals surface area contributed by atoms with Crippen LogP contribution in [-0.2, 0) is 6.54 Å². The van der Waals surface area contributed by atoms with Gasteiger partial charge in [0.2, 0.25) is 0 Å². The van der Waals surface area contributed by atoms with Crippen LogP contribution < -0.4 is 11.1 Å². The van der Waals surface area contributed by atoms with Gasteiger partial charge < -0.3 is 11.1 Å². The molecule has 5 heteroatoms. The number of aromatic nitrogens is 2. The highest BCUT2D eigenvalue weighted by molar-refractivity contribution is 7.80. The number of hydrogen-bond acceptors (Lipinski definition) is 4. The Kier molecular flexibility index (Phi) is 3.84. The van der Waals surface area contributed by atoms with Gasteiger partial charge in [-0.3, -0.25) is 0 Å². The van der Waals surface area contributed by atoms with Crippen molar-refractivity contribution in [2.45, 2.75) is 13.5 Å². The molecule has 0 atom stereocenters. The summed E-state index contributed by atoms with van der Waals surface area (Å²) in [6.45, 7) is 2.74. The number of anilines is 1. The molecule has 1 aromatic carbocycles. The number of nitrogens with one attached hydrogen (secondary N) is 1. The lowest BCUT2D eigenvalue weighted by Gasteiger charge is -2.10. The Morgan fingerprint density at radius 1 is 1.33 bits per heavy atom. The van der Waals surface area contributed by atoms with E-state index in [-0.39, 0.29) is 0 Å². The summed E-state index contributed by atoms with van der Waals surface area (Å²) >= 11 is 4.98. The first kappa shape index (κ1) is 12.4. The number of thiocarbonyl (C=S) groups is 1. The molecule has 2 aromatic rings. The van der Waals surface area contributed by atoms with Crippen molar-refractivity contribution in [2.24, 2.45) is 5.73 Å². The largest absolute Gasteiger partial charge is 0.389 e. The van der Waals surface area contributed by atoms with E-state index in [1.165, 1.54) is 11.1 Å². The van der Waals surface area contributed by atoms with Crippen molar-refractivity contribution in [1.29, 1.82) is 0 Å². The van der Waals surface area contributed by atoms with Gasteiger partial charge in [-0.15, -0.1) is 5.10 Å². The predicted octanol–water partition coefficient (Wildman–Crippen LogP) is 2.03. The SMILES string of the molecule is Cc1ccccc1CNc1nnccc1C(N)=S. The Morgan fingerprint density at radius 2 is 2.11 bits per heavy atom. The van der Waals surface area contributed by atoms with Crippen LogP contribution in [0.25, 0.3) is 0 Å². The minimum absolute atomic E-state index is 0.317. The average Bonchev–Trinajstić information content (AvgIpc) is 2.38. The molecule has 0 aliphatic heterocycles. The van der Waals surface area contributed by atoms with E-state index in [0.29, 0.717) is 22.9 Å². The van der Waals surface area contributed by atoms with Gasteiger partial charge in [-0.05, 0) is 24.1 Å². The van der Waals surface area contributed by atoms with E-state index in [4.69, 9.17) is 18.0 Å².